The molecule has 0 radical (unpaired) electrons. The number of rotatable bonds is 9. The van der Waals surface area contributed by atoms with Crippen LogP contribution < -0.4 is 16.0 Å². The summed E-state index contributed by atoms with van der Waals surface area (Å²) >= 11 is 0. The average Bonchev–Trinajstić information content (AvgIpc) is 2.93. The number of carbonyl (C=O) groups is 5. The Labute approximate surface area is 180 Å². The van der Waals surface area contributed by atoms with E-state index in [1.54, 1.807) is 45.0 Å². The first kappa shape index (κ1) is 23.8. The molecule has 5 amide bonds. The van der Waals surface area contributed by atoms with Gasteiger partial charge in [-0.15, -0.1) is 0 Å². The number of alkyl carbamates (subject to hydrolysis) is 1. The van der Waals surface area contributed by atoms with E-state index in [4.69, 9.17) is 4.74 Å². The number of ether oxygens (including phenoxy) is 1. The van der Waals surface area contributed by atoms with Gasteiger partial charge in [-0.05, 0) is 32.9 Å². The predicted octanol–water partition coefficient (Wildman–Crippen LogP) is 0.820. The monoisotopic (exact) mass is 432 g/mol. The van der Waals surface area contributed by atoms with Crippen LogP contribution in [0.15, 0.2) is 24.3 Å². The Morgan fingerprint density at radius 2 is 1.35 bits per heavy atom. The van der Waals surface area contributed by atoms with E-state index in [2.05, 4.69) is 16.0 Å². The molecule has 2 rings (SSSR count). The van der Waals surface area contributed by atoms with E-state index < -0.39 is 23.5 Å². The van der Waals surface area contributed by atoms with Gasteiger partial charge in [0, 0.05) is 39.0 Å². The lowest BCUT2D eigenvalue weighted by Gasteiger charge is -2.19. The number of imide groups is 1. The standard InChI is InChI=1S/C21H28N4O6/c1-21(2,3)31-20(30)24-10-8-16(26)22-11-12-23-17(27)9-13-25-18(28)14-6-4-5-7-15(14)19(25)29/h4-7H,8-13H2,1-3H3,(H,22,26)(H,23,27)(H,24,30). The maximum absolute atomic E-state index is 12.2. The molecule has 1 aliphatic heterocycles. The summed E-state index contributed by atoms with van der Waals surface area (Å²) in [5.74, 6) is -1.42. The van der Waals surface area contributed by atoms with Crippen molar-refractivity contribution in [3.63, 3.8) is 0 Å². The van der Waals surface area contributed by atoms with Crippen molar-refractivity contribution < 1.29 is 28.7 Å². The van der Waals surface area contributed by atoms with Crippen molar-refractivity contribution in [3.8, 4) is 0 Å². The Morgan fingerprint density at radius 1 is 0.839 bits per heavy atom. The SMILES string of the molecule is CC(C)(C)OC(=O)NCCC(=O)NCCNC(=O)CCN1C(=O)c2ccccc2C1=O. The van der Waals surface area contributed by atoms with Gasteiger partial charge in [0.2, 0.25) is 11.8 Å². The Bertz CT molecular complexity index is 827. The summed E-state index contributed by atoms with van der Waals surface area (Å²) in [6, 6.07) is 6.53. The van der Waals surface area contributed by atoms with Crippen LogP contribution in [0.1, 0.15) is 54.3 Å². The Morgan fingerprint density at radius 3 is 1.87 bits per heavy atom. The van der Waals surface area contributed by atoms with Gasteiger partial charge < -0.3 is 20.7 Å². The molecule has 10 heteroatoms. The molecule has 168 valence electrons. The zero-order chi connectivity index (χ0) is 23.0. The van der Waals surface area contributed by atoms with Crippen LogP contribution in [0.3, 0.4) is 0 Å². The van der Waals surface area contributed by atoms with Gasteiger partial charge in [0.15, 0.2) is 0 Å². The largest absolute Gasteiger partial charge is 0.444 e. The van der Waals surface area contributed by atoms with E-state index in [1.807, 2.05) is 0 Å². The third-order valence-corrected chi connectivity index (χ3v) is 4.23. The van der Waals surface area contributed by atoms with Crippen molar-refractivity contribution in [2.75, 3.05) is 26.2 Å². The lowest BCUT2D eigenvalue weighted by Crippen LogP contribution is -2.38. The van der Waals surface area contributed by atoms with E-state index >= 15 is 0 Å². The number of amides is 5. The third kappa shape index (κ3) is 7.40. The van der Waals surface area contributed by atoms with Gasteiger partial charge in [-0.25, -0.2) is 4.79 Å². The molecule has 0 aromatic heterocycles. The topological polar surface area (TPSA) is 134 Å². The van der Waals surface area contributed by atoms with E-state index in [0.717, 1.165) is 4.90 Å². The highest BCUT2D eigenvalue weighted by atomic mass is 16.6. The molecule has 31 heavy (non-hydrogen) atoms. The highest BCUT2D eigenvalue weighted by Gasteiger charge is 2.34. The molecule has 1 aromatic rings. The molecular weight excluding hydrogens is 404 g/mol. The molecule has 0 fully saturated rings. The van der Waals surface area contributed by atoms with Crippen LogP contribution in [0.2, 0.25) is 0 Å². The lowest BCUT2D eigenvalue weighted by atomic mass is 10.1. The van der Waals surface area contributed by atoms with Crippen molar-refractivity contribution in [1.29, 1.82) is 0 Å². The maximum Gasteiger partial charge on any atom is 0.407 e. The zero-order valence-corrected chi connectivity index (χ0v) is 17.9. The second-order valence-electron chi connectivity index (χ2n) is 7.94. The van der Waals surface area contributed by atoms with Gasteiger partial charge in [0.05, 0.1) is 11.1 Å². The second-order valence-corrected chi connectivity index (χ2v) is 7.94. The third-order valence-electron chi connectivity index (χ3n) is 4.23. The number of benzene rings is 1. The van der Waals surface area contributed by atoms with Crippen molar-refractivity contribution in [1.82, 2.24) is 20.9 Å². The van der Waals surface area contributed by atoms with Crippen molar-refractivity contribution in [2.45, 2.75) is 39.2 Å². The molecule has 1 aromatic carbocycles. The molecule has 1 aliphatic rings. The first-order chi connectivity index (χ1) is 14.6. The Hall–Kier alpha value is -3.43. The fourth-order valence-corrected chi connectivity index (χ4v) is 2.83. The highest BCUT2D eigenvalue weighted by molar-refractivity contribution is 6.21. The fraction of sp³-hybridized carbons (Fsp3) is 0.476. The molecule has 0 bridgehead atoms. The quantitative estimate of drug-likeness (QED) is 0.391. The number of nitrogens with zero attached hydrogens (tertiary/aromatic N) is 1. The van der Waals surface area contributed by atoms with Crippen LogP contribution in [0.25, 0.3) is 0 Å². The molecule has 10 nitrogen and oxygen atoms in total. The van der Waals surface area contributed by atoms with Crippen molar-refractivity contribution in [3.05, 3.63) is 35.4 Å². The molecule has 0 spiro atoms. The Balaban J connectivity index is 1.57. The Kier molecular flexibility index (Phi) is 8.12. The fourth-order valence-electron chi connectivity index (χ4n) is 2.83. The molecule has 1 heterocycles. The van der Waals surface area contributed by atoms with Crippen LogP contribution in [0.5, 0.6) is 0 Å². The van der Waals surface area contributed by atoms with Crippen LogP contribution >= 0.6 is 0 Å². The summed E-state index contributed by atoms with van der Waals surface area (Å²) in [4.78, 5) is 60.7. The van der Waals surface area contributed by atoms with Gasteiger partial charge in [0.25, 0.3) is 11.8 Å². The minimum Gasteiger partial charge on any atom is -0.444 e. The zero-order valence-electron chi connectivity index (χ0n) is 17.9. The minimum atomic E-state index is -0.607. The summed E-state index contributed by atoms with van der Waals surface area (Å²) in [5, 5.41) is 7.72. The van der Waals surface area contributed by atoms with Crippen molar-refractivity contribution >= 4 is 29.7 Å². The van der Waals surface area contributed by atoms with Crippen LogP contribution in [0.4, 0.5) is 4.79 Å². The summed E-state index contributed by atoms with van der Waals surface area (Å²) in [6.07, 6.45) is -0.544. The smallest absolute Gasteiger partial charge is 0.407 e. The molecule has 0 saturated carbocycles. The van der Waals surface area contributed by atoms with Crippen LogP contribution in [-0.4, -0.2) is 66.4 Å². The average molecular weight is 432 g/mol. The number of hydrogen-bond donors (Lipinski definition) is 3. The van der Waals surface area contributed by atoms with Gasteiger partial charge in [0.1, 0.15) is 5.60 Å². The molecule has 3 N–H and O–H groups in total. The lowest BCUT2D eigenvalue weighted by molar-refractivity contribution is -0.122. The summed E-state index contributed by atoms with van der Waals surface area (Å²) in [6.45, 7) is 5.76. The number of nitrogens with one attached hydrogen (secondary N) is 3. The van der Waals surface area contributed by atoms with Crippen molar-refractivity contribution in [2.24, 2.45) is 0 Å². The first-order valence-electron chi connectivity index (χ1n) is 10.0. The first-order valence-corrected chi connectivity index (χ1v) is 10.0. The van der Waals surface area contributed by atoms with E-state index in [0.29, 0.717) is 11.1 Å². The normalized spacial score (nSPS) is 12.9. The van der Waals surface area contributed by atoms with Gasteiger partial charge >= 0.3 is 6.09 Å². The molecule has 0 saturated heterocycles. The molecule has 0 atom stereocenters. The summed E-state index contributed by atoms with van der Waals surface area (Å²) in [5.41, 5.74) is 0.0812. The minimum absolute atomic E-state index is 0.0130. The second kappa shape index (κ2) is 10.6. The van der Waals surface area contributed by atoms with Gasteiger partial charge in [-0.3, -0.25) is 24.1 Å². The van der Waals surface area contributed by atoms with E-state index in [9.17, 15) is 24.0 Å². The molecule has 0 unspecified atom stereocenters. The van der Waals surface area contributed by atoms with Gasteiger partial charge in [-0.1, -0.05) is 12.1 Å². The van der Waals surface area contributed by atoms with Crippen LogP contribution in [-0.2, 0) is 14.3 Å². The summed E-state index contributed by atoms with van der Waals surface area (Å²) in [7, 11) is 0. The molecule has 0 aliphatic carbocycles. The summed E-state index contributed by atoms with van der Waals surface area (Å²) < 4.78 is 5.06. The maximum atomic E-state index is 12.2. The number of carbonyl (C=O) groups excluding carboxylic acids is 5. The van der Waals surface area contributed by atoms with Gasteiger partial charge in [-0.2, -0.15) is 0 Å². The van der Waals surface area contributed by atoms with Crippen LogP contribution in [0, 0.1) is 0 Å². The number of hydrogen-bond acceptors (Lipinski definition) is 6. The van der Waals surface area contributed by atoms with E-state index in [1.165, 1.54) is 0 Å². The highest BCUT2D eigenvalue weighted by Crippen LogP contribution is 2.22. The van der Waals surface area contributed by atoms with E-state index in [-0.39, 0.29) is 50.8 Å². The predicted molar refractivity (Wildman–Crippen MR) is 111 cm³/mol. The number of fused-ring (bicyclic) bond motifs is 1. The molecular formula is C21H28N4O6.